The minimum Gasteiger partial charge on any atom is -0.422 e. The summed E-state index contributed by atoms with van der Waals surface area (Å²) in [5, 5.41) is -1.51. The van der Waals surface area contributed by atoms with E-state index in [0.717, 1.165) is 0 Å². The molecule has 0 saturated heterocycles. The molecule has 1 aromatic carbocycles. The molecular formula is C9H4ClF3N2O. The van der Waals surface area contributed by atoms with Crippen molar-refractivity contribution in [1.82, 2.24) is 4.98 Å². The maximum absolute atomic E-state index is 12.1. The number of aliphatic imine (C=N–C) groups is 1. The number of para-hydroxylation sites is 2. The van der Waals surface area contributed by atoms with Crippen LogP contribution in [-0.4, -0.2) is 16.3 Å². The van der Waals surface area contributed by atoms with E-state index in [0.29, 0.717) is 11.1 Å². The molecule has 0 aliphatic rings. The van der Waals surface area contributed by atoms with Gasteiger partial charge in [-0.25, -0.2) is 0 Å². The highest BCUT2D eigenvalue weighted by Gasteiger charge is 2.35. The Bertz CT molecular complexity index is 514. The first kappa shape index (κ1) is 10.9. The molecule has 2 rings (SSSR count). The van der Waals surface area contributed by atoms with Gasteiger partial charge in [-0.3, -0.25) is 0 Å². The summed E-state index contributed by atoms with van der Waals surface area (Å²) in [5.41, 5.74) is 0.779. The van der Waals surface area contributed by atoms with Crippen LogP contribution in [0.1, 0.15) is 0 Å². The Kier molecular flexibility index (Phi) is 2.59. The molecule has 0 unspecified atom stereocenters. The maximum atomic E-state index is 12.1. The summed E-state index contributed by atoms with van der Waals surface area (Å²) in [6.45, 7) is 0. The van der Waals surface area contributed by atoms with E-state index in [2.05, 4.69) is 9.98 Å². The molecule has 1 heterocycles. The Morgan fingerprint density at radius 1 is 1.31 bits per heavy atom. The van der Waals surface area contributed by atoms with Crippen LogP contribution in [0.15, 0.2) is 33.7 Å². The summed E-state index contributed by atoms with van der Waals surface area (Å²) in [4.78, 5) is 6.77. The molecule has 0 spiro atoms. The van der Waals surface area contributed by atoms with Crippen molar-refractivity contribution in [3.8, 4) is 0 Å². The van der Waals surface area contributed by atoms with Crippen LogP contribution in [0.4, 0.5) is 19.2 Å². The number of hydrogen-bond donors (Lipinski definition) is 0. The summed E-state index contributed by atoms with van der Waals surface area (Å²) in [6, 6.07) is 6.11. The lowest BCUT2D eigenvalue weighted by atomic mass is 10.3. The molecule has 0 amide bonds. The molecule has 84 valence electrons. The van der Waals surface area contributed by atoms with E-state index in [9.17, 15) is 13.2 Å². The zero-order valence-corrected chi connectivity index (χ0v) is 8.38. The minimum atomic E-state index is -4.69. The van der Waals surface area contributed by atoms with Crippen molar-refractivity contribution >= 4 is 33.9 Å². The Morgan fingerprint density at radius 2 is 2.00 bits per heavy atom. The molecule has 0 atom stereocenters. The van der Waals surface area contributed by atoms with Gasteiger partial charge in [0.15, 0.2) is 5.58 Å². The number of halogens is 4. The number of benzene rings is 1. The standard InChI is InChI=1S/C9H4ClF3N2O/c10-7(9(11,12)13)15-8-14-5-3-1-2-4-6(5)16-8/h1-4H. The van der Waals surface area contributed by atoms with Gasteiger partial charge in [0.05, 0.1) is 0 Å². The summed E-state index contributed by atoms with van der Waals surface area (Å²) < 4.78 is 41.1. The fourth-order valence-corrected chi connectivity index (χ4v) is 1.13. The maximum Gasteiger partial charge on any atom is 0.444 e. The number of oxazole rings is 1. The highest BCUT2D eigenvalue weighted by molar-refractivity contribution is 6.67. The third kappa shape index (κ3) is 2.16. The zero-order valence-electron chi connectivity index (χ0n) is 7.62. The van der Waals surface area contributed by atoms with Crippen LogP contribution in [0.2, 0.25) is 0 Å². The molecular weight excluding hydrogens is 245 g/mol. The van der Waals surface area contributed by atoms with Crippen molar-refractivity contribution in [2.45, 2.75) is 6.18 Å². The third-order valence-corrected chi connectivity index (χ3v) is 2.01. The first-order chi connectivity index (χ1) is 7.47. The lowest BCUT2D eigenvalue weighted by molar-refractivity contribution is -0.0559. The molecule has 3 nitrogen and oxygen atoms in total. The van der Waals surface area contributed by atoms with Crippen molar-refractivity contribution in [2.75, 3.05) is 0 Å². The molecule has 1 aromatic heterocycles. The second-order valence-electron chi connectivity index (χ2n) is 2.86. The van der Waals surface area contributed by atoms with Gasteiger partial charge in [0.1, 0.15) is 5.52 Å². The van der Waals surface area contributed by atoms with Crippen LogP contribution in [0, 0.1) is 0 Å². The molecule has 2 aromatic rings. The first-order valence-electron chi connectivity index (χ1n) is 4.14. The average molecular weight is 249 g/mol. The van der Waals surface area contributed by atoms with E-state index in [1.54, 1.807) is 24.3 Å². The van der Waals surface area contributed by atoms with Gasteiger partial charge < -0.3 is 4.42 Å². The number of aromatic nitrogens is 1. The molecule has 0 radical (unpaired) electrons. The van der Waals surface area contributed by atoms with Gasteiger partial charge in [-0.1, -0.05) is 23.7 Å². The van der Waals surface area contributed by atoms with E-state index in [4.69, 9.17) is 16.0 Å². The number of hydrogen-bond acceptors (Lipinski definition) is 3. The molecule has 0 fully saturated rings. The average Bonchev–Trinajstić information content (AvgIpc) is 2.58. The fraction of sp³-hybridized carbons (Fsp3) is 0.111. The van der Waals surface area contributed by atoms with Crippen LogP contribution in [0.5, 0.6) is 0 Å². The van der Waals surface area contributed by atoms with Crippen molar-refractivity contribution < 1.29 is 17.6 Å². The van der Waals surface area contributed by atoms with Crippen molar-refractivity contribution in [3.63, 3.8) is 0 Å². The van der Waals surface area contributed by atoms with E-state index >= 15 is 0 Å². The molecule has 0 aliphatic heterocycles. The van der Waals surface area contributed by atoms with Crippen LogP contribution < -0.4 is 0 Å². The highest BCUT2D eigenvalue weighted by atomic mass is 35.5. The van der Waals surface area contributed by atoms with Gasteiger partial charge >= 0.3 is 12.2 Å². The normalized spacial score (nSPS) is 13.4. The predicted molar refractivity (Wildman–Crippen MR) is 53.0 cm³/mol. The van der Waals surface area contributed by atoms with Gasteiger partial charge in [0, 0.05) is 0 Å². The summed E-state index contributed by atoms with van der Waals surface area (Å²) in [7, 11) is 0. The molecule has 0 saturated carbocycles. The number of rotatable bonds is 1. The topological polar surface area (TPSA) is 38.4 Å². The first-order valence-corrected chi connectivity index (χ1v) is 4.51. The smallest absolute Gasteiger partial charge is 0.422 e. The Hall–Kier alpha value is -1.56. The second kappa shape index (κ2) is 3.79. The summed E-state index contributed by atoms with van der Waals surface area (Å²) in [6.07, 6.45) is -4.69. The van der Waals surface area contributed by atoms with Gasteiger partial charge in [-0.2, -0.15) is 23.1 Å². The van der Waals surface area contributed by atoms with E-state index in [1.165, 1.54) is 0 Å². The number of nitrogens with zero attached hydrogens (tertiary/aromatic N) is 2. The van der Waals surface area contributed by atoms with Crippen LogP contribution in [0.3, 0.4) is 0 Å². The highest BCUT2D eigenvalue weighted by Crippen LogP contribution is 2.25. The van der Waals surface area contributed by atoms with Gasteiger partial charge in [-0.05, 0) is 12.1 Å². The lowest BCUT2D eigenvalue weighted by Gasteiger charge is -2.00. The Morgan fingerprint density at radius 3 is 2.62 bits per heavy atom. The largest absolute Gasteiger partial charge is 0.444 e. The van der Waals surface area contributed by atoms with E-state index < -0.39 is 17.4 Å². The lowest BCUT2D eigenvalue weighted by Crippen LogP contribution is -2.16. The van der Waals surface area contributed by atoms with Gasteiger partial charge in [0.25, 0.3) is 0 Å². The third-order valence-electron chi connectivity index (χ3n) is 1.71. The van der Waals surface area contributed by atoms with Crippen molar-refractivity contribution in [2.24, 2.45) is 4.99 Å². The minimum absolute atomic E-state index is 0.355. The molecule has 7 heteroatoms. The summed E-state index contributed by atoms with van der Waals surface area (Å²) in [5.74, 6) is 0. The van der Waals surface area contributed by atoms with E-state index in [-0.39, 0.29) is 0 Å². The molecule has 0 N–H and O–H groups in total. The molecule has 0 aliphatic carbocycles. The monoisotopic (exact) mass is 248 g/mol. The fourth-order valence-electron chi connectivity index (χ4n) is 1.06. The van der Waals surface area contributed by atoms with Crippen molar-refractivity contribution in [1.29, 1.82) is 0 Å². The van der Waals surface area contributed by atoms with Gasteiger partial charge in [-0.15, -0.1) is 0 Å². The van der Waals surface area contributed by atoms with Gasteiger partial charge in [0.2, 0.25) is 5.17 Å². The van der Waals surface area contributed by atoms with Crippen LogP contribution in [-0.2, 0) is 0 Å². The molecule has 0 bridgehead atoms. The zero-order chi connectivity index (χ0) is 11.8. The van der Waals surface area contributed by atoms with Crippen LogP contribution in [0.25, 0.3) is 11.1 Å². The van der Waals surface area contributed by atoms with Crippen molar-refractivity contribution in [3.05, 3.63) is 24.3 Å². The second-order valence-corrected chi connectivity index (χ2v) is 3.22. The Labute approximate surface area is 92.6 Å². The SMILES string of the molecule is FC(F)(F)C(Cl)=Nc1nc2ccccc2o1. The predicted octanol–water partition coefficient (Wildman–Crippen LogP) is 3.66. The number of alkyl halides is 3. The number of fused-ring (bicyclic) bond motifs is 1. The molecule has 16 heavy (non-hydrogen) atoms. The quantitative estimate of drug-likeness (QED) is 0.723. The summed E-state index contributed by atoms with van der Waals surface area (Å²) >= 11 is 4.94. The van der Waals surface area contributed by atoms with Crippen LogP contribution >= 0.6 is 11.6 Å². The van der Waals surface area contributed by atoms with E-state index in [1.807, 2.05) is 0 Å². The Balaban J connectivity index is 2.42.